The Morgan fingerprint density at radius 3 is 2.58 bits per heavy atom. The molecule has 1 aliphatic heterocycles. The molecule has 0 spiro atoms. The monoisotopic (exact) mass is 263 g/mol. The van der Waals surface area contributed by atoms with Gasteiger partial charge in [0, 0.05) is 18.0 Å². The van der Waals surface area contributed by atoms with Crippen LogP contribution in [-0.2, 0) is 10.2 Å². The summed E-state index contributed by atoms with van der Waals surface area (Å²) >= 11 is 0. The smallest absolute Gasteiger partial charge is 0.159 e. The van der Waals surface area contributed by atoms with Crippen molar-refractivity contribution in [3.05, 3.63) is 17.6 Å². The van der Waals surface area contributed by atoms with Crippen LogP contribution in [0.5, 0.6) is 0 Å². The SMILES string of the molecule is CCNc1cc(C(C)(C)C)nc(C2CCC(C)O2)n1. The fraction of sp³-hybridized carbons (Fsp3) is 0.733. The van der Waals surface area contributed by atoms with Crippen LogP contribution in [0.4, 0.5) is 5.82 Å². The quantitative estimate of drug-likeness (QED) is 0.907. The Morgan fingerprint density at radius 1 is 1.32 bits per heavy atom. The first-order chi connectivity index (χ1) is 8.90. The van der Waals surface area contributed by atoms with Gasteiger partial charge >= 0.3 is 0 Å². The summed E-state index contributed by atoms with van der Waals surface area (Å²) in [5.41, 5.74) is 1.09. The first-order valence-corrected chi connectivity index (χ1v) is 7.19. The number of anilines is 1. The van der Waals surface area contributed by atoms with E-state index in [1.165, 1.54) is 0 Å². The number of nitrogens with zero attached hydrogens (tertiary/aromatic N) is 2. The van der Waals surface area contributed by atoms with E-state index in [9.17, 15) is 0 Å². The van der Waals surface area contributed by atoms with Gasteiger partial charge in [0.25, 0.3) is 0 Å². The van der Waals surface area contributed by atoms with Crippen molar-refractivity contribution in [1.82, 2.24) is 9.97 Å². The van der Waals surface area contributed by atoms with Crippen LogP contribution >= 0.6 is 0 Å². The van der Waals surface area contributed by atoms with Gasteiger partial charge < -0.3 is 10.1 Å². The average Bonchev–Trinajstić information content (AvgIpc) is 2.75. The largest absolute Gasteiger partial charge is 0.370 e. The molecule has 4 nitrogen and oxygen atoms in total. The van der Waals surface area contributed by atoms with E-state index in [0.717, 1.165) is 36.7 Å². The summed E-state index contributed by atoms with van der Waals surface area (Å²) in [5.74, 6) is 1.73. The Labute approximate surface area is 116 Å². The van der Waals surface area contributed by atoms with E-state index in [4.69, 9.17) is 9.72 Å². The molecule has 0 saturated carbocycles. The third-order valence-electron chi connectivity index (χ3n) is 3.39. The van der Waals surface area contributed by atoms with Gasteiger partial charge in [-0.25, -0.2) is 9.97 Å². The molecular weight excluding hydrogens is 238 g/mol. The number of hydrogen-bond acceptors (Lipinski definition) is 4. The van der Waals surface area contributed by atoms with Crippen LogP contribution in [0.2, 0.25) is 0 Å². The summed E-state index contributed by atoms with van der Waals surface area (Å²) in [6.45, 7) is 11.6. The molecule has 0 radical (unpaired) electrons. The summed E-state index contributed by atoms with van der Waals surface area (Å²) < 4.78 is 5.90. The molecule has 4 heteroatoms. The molecule has 0 amide bonds. The van der Waals surface area contributed by atoms with Gasteiger partial charge in [-0.1, -0.05) is 20.8 Å². The second-order valence-electron chi connectivity index (χ2n) is 6.29. The van der Waals surface area contributed by atoms with E-state index in [2.05, 4.69) is 44.9 Å². The molecule has 2 rings (SSSR count). The molecule has 1 fully saturated rings. The van der Waals surface area contributed by atoms with Crippen LogP contribution in [0.1, 0.15) is 65.1 Å². The van der Waals surface area contributed by atoms with Crippen LogP contribution in [-0.4, -0.2) is 22.6 Å². The van der Waals surface area contributed by atoms with Gasteiger partial charge in [-0.05, 0) is 26.7 Å². The molecule has 2 atom stereocenters. The molecule has 1 aromatic heterocycles. The van der Waals surface area contributed by atoms with Crippen molar-refractivity contribution < 1.29 is 4.74 Å². The van der Waals surface area contributed by atoms with E-state index in [-0.39, 0.29) is 11.5 Å². The normalized spacial score (nSPS) is 23.6. The maximum atomic E-state index is 5.90. The van der Waals surface area contributed by atoms with Crippen molar-refractivity contribution in [2.75, 3.05) is 11.9 Å². The molecule has 1 saturated heterocycles. The Kier molecular flexibility index (Phi) is 4.09. The zero-order valence-corrected chi connectivity index (χ0v) is 12.7. The average molecular weight is 263 g/mol. The topological polar surface area (TPSA) is 47.0 Å². The minimum absolute atomic E-state index is 0.0199. The first-order valence-electron chi connectivity index (χ1n) is 7.19. The number of nitrogens with one attached hydrogen (secondary N) is 1. The van der Waals surface area contributed by atoms with Crippen LogP contribution in [0.15, 0.2) is 6.07 Å². The minimum atomic E-state index is 0.0199. The summed E-state index contributed by atoms with van der Waals surface area (Å²) in [6.07, 6.45) is 2.47. The van der Waals surface area contributed by atoms with Gasteiger partial charge in [-0.2, -0.15) is 0 Å². The lowest BCUT2D eigenvalue weighted by molar-refractivity contribution is 0.0501. The van der Waals surface area contributed by atoms with E-state index in [1.807, 2.05) is 6.07 Å². The highest BCUT2D eigenvalue weighted by Crippen LogP contribution is 2.32. The lowest BCUT2D eigenvalue weighted by atomic mass is 9.92. The van der Waals surface area contributed by atoms with E-state index < -0.39 is 0 Å². The van der Waals surface area contributed by atoms with E-state index >= 15 is 0 Å². The lowest BCUT2D eigenvalue weighted by Crippen LogP contribution is -2.18. The Balaban J connectivity index is 2.34. The van der Waals surface area contributed by atoms with Gasteiger partial charge in [0.05, 0.1) is 11.8 Å². The summed E-state index contributed by atoms with van der Waals surface area (Å²) in [4.78, 5) is 9.33. The van der Waals surface area contributed by atoms with Crippen molar-refractivity contribution >= 4 is 5.82 Å². The highest BCUT2D eigenvalue weighted by atomic mass is 16.5. The predicted molar refractivity (Wildman–Crippen MR) is 77.4 cm³/mol. The molecular formula is C15H25N3O. The highest BCUT2D eigenvalue weighted by molar-refractivity contribution is 5.38. The standard InChI is InChI=1S/C15H25N3O/c1-6-16-13-9-12(15(3,4)5)17-14(18-13)11-8-7-10(2)19-11/h9-11H,6-8H2,1-5H3,(H,16,17,18). The third-order valence-corrected chi connectivity index (χ3v) is 3.39. The fourth-order valence-electron chi connectivity index (χ4n) is 2.26. The molecule has 2 heterocycles. The Hall–Kier alpha value is -1.16. The van der Waals surface area contributed by atoms with Crippen LogP contribution in [0.25, 0.3) is 0 Å². The summed E-state index contributed by atoms with van der Waals surface area (Å²) in [6, 6.07) is 2.05. The van der Waals surface area contributed by atoms with Crippen molar-refractivity contribution in [3.8, 4) is 0 Å². The number of aromatic nitrogens is 2. The van der Waals surface area contributed by atoms with Gasteiger partial charge in [0.1, 0.15) is 11.9 Å². The number of rotatable bonds is 3. The molecule has 0 aromatic carbocycles. The van der Waals surface area contributed by atoms with Crippen molar-refractivity contribution in [1.29, 1.82) is 0 Å². The third kappa shape index (κ3) is 3.44. The zero-order valence-electron chi connectivity index (χ0n) is 12.7. The van der Waals surface area contributed by atoms with E-state index in [0.29, 0.717) is 6.10 Å². The van der Waals surface area contributed by atoms with E-state index in [1.54, 1.807) is 0 Å². The van der Waals surface area contributed by atoms with Crippen molar-refractivity contribution in [3.63, 3.8) is 0 Å². The maximum absolute atomic E-state index is 5.90. The number of ether oxygens (including phenoxy) is 1. The van der Waals surface area contributed by atoms with Gasteiger partial charge in [0.2, 0.25) is 0 Å². The number of hydrogen-bond donors (Lipinski definition) is 1. The molecule has 106 valence electrons. The van der Waals surface area contributed by atoms with Crippen LogP contribution in [0, 0.1) is 0 Å². The van der Waals surface area contributed by atoms with Crippen molar-refractivity contribution in [2.24, 2.45) is 0 Å². The Morgan fingerprint density at radius 2 is 2.05 bits per heavy atom. The minimum Gasteiger partial charge on any atom is -0.370 e. The second kappa shape index (κ2) is 5.45. The zero-order chi connectivity index (χ0) is 14.0. The second-order valence-corrected chi connectivity index (χ2v) is 6.29. The first kappa shape index (κ1) is 14.3. The summed E-state index contributed by atoms with van der Waals surface area (Å²) in [7, 11) is 0. The van der Waals surface area contributed by atoms with Crippen LogP contribution < -0.4 is 5.32 Å². The molecule has 2 unspecified atom stereocenters. The molecule has 19 heavy (non-hydrogen) atoms. The van der Waals surface area contributed by atoms with Crippen molar-refractivity contribution in [2.45, 2.75) is 65.1 Å². The molecule has 0 bridgehead atoms. The van der Waals surface area contributed by atoms with Gasteiger partial charge in [0.15, 0.2) is 5.82 Å². The van der Waals surface area contributed by atoms with Gasteiger partial charge in [-0.3, -0.25) is 0 Å². The summed E-state index contributed by atoms with van der Waals surface area (Å²) in [5, 5.41) is 3.29. The molecule has 1 aliphatic rings. The Bertz CT molecular complexity index is 440. The maximum Gasteiger partial charge on any atom is 0.159 e. The van der Waals surface area contributed by atoms with Gasteiger partial charge in [-0.15, -0.1) is 0 Å². The molecule has 1 aromatic rings. The molecule has 1 N–H and O–H groups in total. The fourth-order valence-corrected chi connectivity index (χ4v) is 2.26. The predicted octanol–water partition coefficient (Wildman–Crippen LogP) is 3.45. The highest BCUT2D eigenvalue weighted by Gasteiger charge is 2.27. The van der Waals surface area contributed by atoms with Crippen LogP contribution in [0.3, 0.4) is 0 Å². The lowest BCUT2D eigenvalue weighted by Gasteiger charge is -2.21. The molecule has 0 aliphatic carbocycles.